The van der Waals surface area contributed by atoms with Gasteiger partial charge in [0.2, 0.25) is 5.91 Å². The Balaban J connectivity index is 1.60. The molecule has 0 atom stereocenters. The first-order valence-electron chi connectivity index (χ1n) is 7.92. The quantitative estimate of drug-likeness (QED) is 0.716. The Bertz CT molecular complexity index is 897. The third-order valence-electron chi connectivity index (χ3n) is 3.79. The first-order valence-corrected chi connectivity index (χ1v) is 7.92. The lowest BCUT2D eigenvalue weighted by molar-refractivity contribution is -0.111. The van der Waals surface area contributed by atoms with E-state index in [1.807, 2.05) is 12.1 Å². The number of carbonyl (C=O) groups is 1. The molecule has 126 valence electrons. The third kappa shape index (κ3) is 4.64. The topological polar surface area (TPSA) is 46.9 Å². The Morgan fingerprint density at radius 1 is 1.20 bits per heavy atom. The fourth-order valence-corrected chi connectivity index (χ4v) is 2.41. The number of hydrogen-bond acceptors (Lipinski definition) is 2. The highest BCUT2D eigenvalue weighted by atomic mass is 19.1. The summed E-state index contributed by atoms with van der Waals surface area (Å²) < 4.78 is 14.6. The highest BCUT2D eigenvalue weighted by molar-refractivity contribution is 6.01. The second kappa shape index (κ2) is 7.57. The average molecular weight is 335 g/mol. The molecule has 0 spiro atoms. The molecule has 0 saturated heterocycles. The third-order valence-corrected chi connectivity index (χ3v) is 3.79. The van der Waals surface area contributed by atoms with E-state index in [0.29, 0.717) is 12.2 Å². The van der Waals surface area contributed by atoms with Crippen LogP contribution in [0.2, 0.25) is 0 Å². The van der Waals surface area contributed by atoms with Gasteiger partial charge in [0.1, 0.15) is 5.82 Å². The number of aryl methyl sites for hydroxylation is 1. The van der Waals surface area contributed by atoms with Crippen LogP contribution in [0.25, 0.3) is 6.08 Å². The van der Waals surface area contributed by atoms with E-state index in [2.05, 4.69) is 29.5 Å². The van der Waals surface area contributed by atoms with Gasteiger partial charge < -0.3 is 5.32 Å². The second-order valence-corrected chi connectivity index (χ2v) is 5.73. The second-order valence-electron chi connectivity index (χ2n) is 5.73. The fraction of sp³-hybridized carbons (Fsp3) is 0.100. The fourth-order valence-electron chi connectivity index (χ4n) is 2.41. The average Bonchev–Trinajstić information content (AvgIpc) is 3.03. The molecule has 0 unspecified atom stereocenters. The normalized spacial score (nSPS) is 11.0. The van der Waals surface area contributed by atoms with Crippen molar-refractivity contribution in [1.29, 1.82) is 0 Å². The first-order chi connectivity index (χ1) is 12.1. The van der Waals surface area contributed by atoms with Gasteiger partial charge in [-0.2, -0.15) is 5.10 Å². The van der Waals surface area contributed by atoms with Crippen molar-refractivity contribution < 1.29 is 9.18 Å². The summed E-state index contributed by atoms with van der Waals surface area (Å²) in [6.07, 6.45) is 6.44. The molecule has 25 heavy (non-hydrogen) atoms. The summed E-state index contributed by atoms with van der Waals surface area (Å²) in [4.78, 5) is 12.0. The number of hydrogen-bond donors (Lipinski definition) is 1. The Labute approximate surface area is 145 Å². The van der Waals surface area contributed by atoms with Crippen molar-refractivity contribution in [2.24, 2.45) is 0 Å². The predicted octanol–water partition coefficient (Wildman–Crippen LogP) is 4.03. The largest absolute Gasteiger partial charge is 0.320 e. The molecule has 3 rings (SSSR count). The Kier molecular flexibility index (Phi) is 5.04. The lowest BCUT2D eigenvalue weighted by Crippen LogP contribution is -2.07. The first kappa shape index (κ1) is 16.6. The van der Waals surface area contributed by atoms with Crippen molar-refractivity contribution in [2.45, 2.75) is 13.5 Å². The van der Waals surface area contributed by atoms with Crippen LogP contribution in [0.15, 0.2) is 67.0 Å². The van der Waals surface area contributed by atoms with Crippen LogP contribution in [0.1, 0.15) is 16.7 Å². The summed E-state index contributed by atoms with van der Waals surface area (Å²) in [6, 6.07) is 14.0. The zero-order chi connectivity index (χ0) is 17.6. The van der Waals surface area contributed by atoms with Crippen LogP contribution < -0.4 is 5.32 Å². The summed E-state index contributed by atoms with van der Waals surface area (Å²) in [6.45, 7) is 2.70. The maximum absolute atomic E-state index is 12.8. The van der Waals surface area contributed by atoms with Crippen LogP contribution in [0.4, 0.5) is 10.1 Å². The molecule has 1 amide bonds. The van der Waals surface area contributed by atoms with E-state index in [1.165, 1.54) is 29.3 Å². The van der Waals surface area contributed by atoms with E-state index < -0.39 is 0 Å². The van der Waals surface area contributed by atoms with Gasteiger partial charge >= 0.3 is 0 Å². The van der Waals surface area contributed by atoms with Crippen LogP contribution in [0.3, 0.4) is 0 Å². The molecule has 5 heteroatoms. The van der Waals surface area contributed by atoms with Crippen LogP contribution in [0, 0.1) is 12.7 Å². The minimum Gasteiger partial charge on any atom is -0.320 e. The van der Waals surface area contributed by atoms with Crippen molar-refractivity contribution in [3.63, 3.8) is 0 Å². The van der Waals surface area contributed by atoms with Crippen LogP contribution >= 0.6 is 0 Å². The zero-order valence-corrected chi connectivity index (χ0v) is 13.8. The van der Waals surface area contributed by atoms with Gasteiger partial charge in [0.05, 0.1) is 18.4 Å². The molecule has 0 aliphatic heterocycles. The van der Waals surface area contributed by atoms with Crippen molar-refractivity contribution in [2.75, 3.05) is 5.32 Å². The minimum atomic E-state index is -0.303. The molecule has 1 N–H and O–H groups in total. The van der Waals surface area contributed by atoms with Crippen LogP contribution in [0.5, 0.6) is 0 Å². The van der Waals surface area contributed by atoms with E-state index in [9.17, 15) is 9.18 Å². The molecule has 0 aliphatic rings. The number of halogens is 1. The van der Waals surface area contributed by atoms with Crippen molar-refractivity contribution in [1.82, 2.24) is 9.78 Å². The number of amides is 1. The minimum absolute atomic E-state index is 0.264. The number of anilines is 1. The Hall–Kier alpha value is -3.21. The van der Waals surface area contributed by atoms with Gasteiger partial charge in [0.15, 0.2) is 0 Å². The van der Waals surface area contributed by atoms with Crippen LogP contribution in [-0.2, 0) is 11.3 Å². The van der Waals surface area contributed by atoms with Gasteiger partial charge in [-0.25, -0.2) is 4.39 Å². The Morgan fingerprint density at radius 3 is 2.72 bits per heavy atom. The summed E-state index contributed by atoms with van der Waals surface area (Å²) in [5.74, 6) is -0.567. The monoisotopic (exact) mass is 335 g/mol. The highest BCUT2D eigenvalue weighted by Gasteiger charge is 2.04. The molecule has 0 aliphatic carbocycles. The molecule has 0 bridgehead atoms. The van der Waals surface area contributed by atoms with Crippen molar-refractivity contribution in [3.8, 4) is 0 Å². The molecular formula is C20H18FN3O. The zero-order valence-electron chi connectivity index (χ0n) is 13.8. The molecule has 0 radical (unpaired) electrons. The number of carbonyl (C=O) groups excluding carboxylic acids is 1. The molecule has 3 aromatic rings. The van der Waals surface area contributed by atoms with E-state index in [0.717, 1.165) is 5.56 Å². The van der Waals surface area contributed by atoms with E-state index in [1.54, 1.807) is 35.3 Å². The standard InChI is InChI=1S/C20H18FN3O/c1-15-4-2-3-5-17(15)13-24-14-19(12-22-24)23-20(25)11-8-16-6-9-18(21)10-7-16/h2-12,14H,13H2,1H3,(H,23,25)/b11-8+. The maximum Gasteiger partial charge on any atom is 0.248 e. The number of aromatic nitrogens is 2. The van der Waals surface area contributed by atoms with Crippen LogP contribution in [-0.4, -0.2) is 15.7 Å². The van der Waals surface area contributed by atoms with Gasteiger partial charge in [-0.05, 0) is 41.8 Å². The van der Waals surface area contributed by atoms with Gasteiger partial charge in [-0.15, -0.1) is 0 Å². The molecular weight excluding hydrogens is 317 g/mol. The highest BCUT2D eigenvalue weighted by Crippen LogP contribution is 2.12. The summed E-state index contributed by atoms with van der Waals surface area (Å²) in [7, 11) is 0. The number of nitrogens with zero attached hydrogens (tertiary/aromatic N) is 2. The summed E-state index contributed by atoms with van der Waals surface area (Å²) in [5, 5.41) is 7.03. The van der Waals surface area contributed by atoms with E-state index in [4.69, 9.17) is 0 Å². The van der Waals surface area contributed by atoms with E-state index in [-0.39, 0.29) is 11.7 Å². The molecule has 2 aromatic carbocycles. The van der Waals surface area contributed by atoms with Crippen molar-refractivity contribution >= 4 is 17.7 Å². The number of nitrogens with one attached hydrogen (secondary N) is 1. The van der Waals surface area contributed by atoms with Gasteiger partial charge in [-0.3, -0.25) is 9.48 Å². The Morgan fingerprint density at radius 2 is 1.96 bits per heavy atom. The predicted molar refractivity (Wildman–Crippen MR) is 96.6 cm³/mol. The summed E-state index contributed by atoms with van der Waals surface area (Å²) in [5.41, 5.74) is 3.76. The summed E-state index contributed by atoms with van der Waals surface area (Å²) >= 11 is 0. The smallest absolute Gasteiger partial charge is 0.248 e. The van der Waals surface area contributed by atoms with Gasteiger partial charge in [0.25, 0.3) is 0 Å². The molecule has 0 fully saturated rings. The maximum atomic E-state index is 12.8. The van der Waals surface area contributed by atoms with Crippen molar-refractivity contribution in [3.05, 3.63) is 89.5 Å². The lowest BCUT2D eigenvalue weighted by atomic mass is 10.1. The molecule has 0 saturated carbocycles. The molecule has 1 heterocycles. The molecule has 1 aromatic heterocycles. The number of rotatable bonds is 5. The van der Waals surface area contributed by atoms with Gasteiger partial charge in [0, 0.05) is 12.3 Å². The SMILES string of the molecule is Cc1ccccc1Cn1cc(NC(=O)/C=C/c2ccc(F)cc2)cn1. The van der Waals surface area contributed by atoms with Gasteiger partial charge in [-0.1, -0.05) is 36.4 Å². The molecule has 4 nitrogen and oxygen atoms in total. The number of benzene rings is 2. The lowest BCUT2D eigenvalue weighted by Gasteiger charge is -2.05. The van der Waals surface area contributed by atoms with E-state index >= 15 is 0 Å².